The molecule has 1 N–H and O–H groups in total. The van der Waals surface area contributed by atoms with Crippen LogP contribution in [-0.2, 0) is 0 Å². The molecule has 3 aromatic carbocycles. The average Bonchev–Trinajstić information content (AvgIpc) is 3.19. The molecule has 0 aliphatic rings. The number of anilines is 1. The molecule has 0 unspecified atom stereocenters. The van der Waals surface area contributed by atoms with Crippen molar-refractivity contribution in [1.82, 2.24) is 4.98 Å². The van der Waals surface area contributed by atoms with Gasteiger partial charge in [-0.15, -0.1) is 0 Å². The summed E-state index contributed by atoms with van der Waals surface area (Å²) in [6, 6.07) is 23.9. The quantitative estimate of drug-likeness (QED) is 0.482. The molecule has 0 saturated carbocycles. The summed E-state index contributed by atoms with van der Waals surface area (Å²) in [5.41, 5.74) is 3.74. The minimum atomic E-state index is -0.150. The number of aromatic nitrogens is 1. The first-order valence-electron chi connectivity index (χ1n) is 8.37. The van der Waals surface area contributed by atoms with E-state index in [4.69, 9.17) is 16.0 Å². The van der Waals surface area contributed by atoms with E-state index in [0.29, 0.717) is 27.9 Å². The topological polar surface area (TPSA) is 55.1 Å². The maximum atomic E-state index is 12.2. The maximum Gasteiger partial charge on any atom is 0.255 e. The molecule has 5 heteroatoms. The van der Waals surface area contributed by atoms with Gasteiger partial charge in [-0.25, -0.2) is 4.98 Å². The molecule has 0 radical (unpaired) electrons. The van der Waals surface area contributed by atoms with Crippen molar-refractivity contribution in [1.29, 1.82) is 0 Å². The number of nitrogens with one attached hydrogen (secondary N) is 1. The zero-order valence-electron chi connectivity index (χ0n) is 14.2. The molecular weight excluding hydrogens is 360 g/mol. The number of oxazole rings is 1. The summed E-state index contributed by atoms with van der Waals surface area (Å²) in [6.45, 7) is 0. The van der Waals surface area contributed by atoms with Gasteiger partial charge in [0.05, 0.1) is 0 Å². The van der Waals surface area contributed by atoms with Crippen molar-refractivity contribution in [2.45, 2.75) is 0 Å². The summed E-state index contributed by atoms with van der Waals surface area (Å²) in [5.74, 6) is 0.355. The van der Waals surface area contributed by atoms with Crippen LogP contribution in [0.25, 0.3) is 22.7 Å². The molecule has 4 aromatic rings. The number of rotatable bonds is 4. The van der Waals surface area contributed by atoms with Crippen LogP contribution in [0.2, 0.25) is 5.02 Å². The Balaban J connectivity index is 1.50. The van der Waals surface area contributed by atoms with Crippen molar-refractivity contribution in [3.8, 4) is 22.7 Å². The number of hydrogen-bond donors (Lipinski definition) is 1. The lowest BCUT2D eigenvalue weighted by Gasteiger charge is -2.05. The van der Waals surface area contributed by atoms with Gasteiger partial charge in [-0.3, -0.25) is 4.79 Å². The van der Waals surface area contributed by atoms with Crippen molar-refractivity contribution in [2.24, 2.45) is 0 Å². The highest BCUT2D eigenvalue weighted by Gasteiger charge is 2.10. The van der Waals surface area contributed by atoms with E-state index in [1.165, 1.54) is 0 Å². The fourth-order valence-corrected chi connectivity index (χ4v) is 2.87. The Bertz CT molecular complexity index is 1070. The minimum absolute atomic E-state index is 0.150. The second-order valence-corrected chi connectivity index (χ2v) is 6.38. The minimum Gasteiger partial charge on any atom is -0.444 e. The highest BCUT2D eigenvalue weighted by molar-refractivity contribution is 6.30. The number of hydrogen-bond acceptors (Lipinski definition) is 3. The Hall–Kier alpha value is -3.37. The SMILES string of the molecule is O=C(Nc1ccc(-c2nc(-c3cccc(Cl)c3)co2)cc1)c1ccccc1. The fraction of sp³-hybridized carbons (Fsp3) is 0. The predicted octanol–water partition coefficient (Wildman–Crippen LogP) is 5.91. The van der Waals surface area contributed by atoms with Crippen LogP contribution in [0.15, 0.2) is 89.5 Å². The molecule has 4 rings (SSSR count). The molecule has 0 spiro atoms. The van der Waals surface area contributed by atoms with Crippen molar-refractivity contribution in [2.75, 3.05) is 5.32 Å². The Morgan fingerprint density at radius 1 is 0.889 bits per heavy atom. The number of benzene rings is 3. The van der Waals surface area contributed by atoms with Crippen LogP contribution >= 0.6 is 11.6 Å². The van der Waals surface area contributed by atoms with Gasteiger partial charge >= 0.3 is 0 Å². The first kappa shape index (κ1) is 17.1. The van der Waals surface area contributed by atoms with E-state index in [1.54, 1.807) is 18.4 Å². The molecule has 0 bridgehead atoms. The summed E-state index contributed by atoms with van der Waals surface area (Å²) in [4.78, 5) is 16.7. The summed E-state index contributed by atoms with van der Waals surface area (Å²) in [7, 11) is 0. The van der Waals surface area contributed by atoms with Gasteiger partial charge in [0.2, 0.25) is 5.89 Å². The summed E-state index contributed by atoms with van der Waals surface area (Å²) in [5, 5.41) is 3.52. The molecule has 0 saturated heterocycles. The first-order valence-corrected chi connectivity index (χ1v) is 8.75. The number of halogens is 1. The van der Waals surface area contributed by atoms with Crippen LogP contribution < -0.4 is 5.32 Å². The molecule has 132 valence electrons. The molecule has 0 fully saturated rings. The van der Waals surface area contributed by atoms with Gasteiger partial charge in [0.1, 0.15) is 12.0 Å². The molecule has 0 atom stereocenters. The third kappa shape index (κ3) is 3.91. The summed E-state index contributed by atoms with van der Waals surface area (Å²) >= 11 is 6.03. The number of carbonyl (C=O) groups is 1. The number of carbonyl (C=O) groups excluding carboxylic acids is 1. The molecule has 4 nitrogen and oxygen atoms in total. The van der Waals surface area contributed by atoms with Crippen molar-refractivity contribution < 1.29 is 9.21 Å². The monoisotopic (exact) mass is 374 g/mol. The van der Waals surface area contributed by atoms with Crippen LogP contribution in [-0.4, -0.2) is 10.9 Å². The Morgan fingerprint density at radius 3 is 2.41 bits per heavy atom. The third-order valence-electron chi connectivity index (χ3n) is 4.05. The van der Waals surface area contributed by atoms with E-state index in [-0.39, 0.29) is 5.91 Å². The third-order valence-corrected chi connectivity index (χ3v) is 4.29. The Kier molecular flexibility index (Phi) is 4.73. The summed E-state index contributed by atoms with van der Waals surface area (Å²) in [6.07, 6.45) is 1.60. The molecule has 1 amide bonds. The van der Waals surface area contributed by atoms with Crippen LogP contribution in [0.3, 0.4) is 0 Å². The van der Waals surface area contributed by atoms with E-state index in [1.807, 2.05) is 66.7 Å². The molecule has 1 aromatic heterocycles. The van der Waals surface area contributed by atoms with Gasteiger partial charge in [-0.05, 0) is 48.5 Å². The lowest BCUT2D eigenvalue weighted by atomic mass is 10.1. The van der Waals surface area contributed by atoms with Gasteiger partial charge in [0, 0.05) is 27.4 Å². The lowest BCUT2D eigenvalue weighted by Crippen LogP contribution is -2.11. The molecule has 0 aliphatic heterocycles. The van der Waals surface area contributed by atoms with E-state index < -0.39 is 0 Å². The highest BCUT2D eigenvalue weighted by Crippen LogP contribution is 2.27. The van der Waals surface area contributed by atoms with Gasteiger partial charge < -0.3 is 9.73 Å². The highest BCUT2D eigenvalue weighted by atomic mass is 35.5. The zero-order chi connectivity index (χ0) is 18.6. The second kappa shape index (κ2) is 7.48. The molecule has 0 aliphatic carbocycles. The van der Waals surface area contributed by atoms with Crippen LogP contribution in [0, 0.1) is 0 Å². The zero-order valence-corrected chi connectivity index (χ0v) is 15.0. The standard InChI is InChI=1S/C22H15ClN2O2/c23-18-8-4-7-17(13-18)20-14-27-22(25-20)16-9-11-19(12-10-16)24-21(26)15-5-2-1-3-6-15/h1-14H,(H,24,26). The van der Waals surface area contributed by atoms with Crippen LogP contribution in [0.4, 0.5) is 5.69 Å². The predicted molar refractivity (Wildman–Crippen MR) is 107 cm³/mol. The maximum absolute atomic E-state index is 12.2. The van der Waals surface area contributed by atoms with Crippen LogP contribution in [0.5, 0.6) is 0 Å². The average molecular weight is 375 g/mol. The van der Waals surface area contributed by atoms with Gasteiger partial charge in [0.15, 0.2) is 0 Å². The number of amides is 1. The first-order chi connectivity index (χ1) is 13.2. The van der Waals surface area contributed by atoms with Crippen LogP contribution in [0.1, 0.15) is 10.4 Å². The smallest absolute Gasteiger partial charge is 0.255 e. The van der Waals surface area contributed by atoms with Gasteiger partial charge in [-0.2, -0.15) is 0 Å². The lowest BCUT2D eigenvalue weighted by molar-refractivity contribution is 0.102. The van der Waals surface area contributed by atoms with E-state index in [0.717, 1.165) is 11.1 Å². The van der Waals surface area contributed by atoms with Crippen molar-refractivity contribution in [3.63, 3.8) is 0 Å². The van der Waals surface area contributed by atoms with Crippen molar-refractivity contribution in [3.05, 3.63) is 95.7 Å². The molecule has 27 heavy (non-hydrogen) atoms. The normalized spacial score (nSPS) is 10.6. The van der Waals surface area contributed by atoms with E-state index >= 15 is 0 Å². The largest absolute Gasteiger partial charge is 0.444 e. The molecule has 1 heterocycles. The van der Waals surface area contributed by atoms with E-state index in [9.17, 15) is 4.79 Å². The number of nitrogens with zero attached hydrogens (tertiary/aromatic N) is 1. The Labute approximate surface area is 161 Å². The second-order valence-electron chi connectivity index (χ2n) is 5.95. The van der Waals surface area contributed by atoms with Gasteiger partial charge in [-0.1, -0.05) is 41.9 Å². The molecular formula is C22H15ClN2O2. The fourth-order valence-electron chi connectivity index (χ4n) is 2.68. The van der Waals surface area contributed by atoms with Crippen molar-refractivity contribution >= 4 is 23.2 Å². The Morgan fingerprint density at radius 2 is 1.67 bits per heavy atom. The summed E-state index contributed by atoms with van der Waals surface area (Å²) < 4.78 is 5.59. The van der Waals surface area contributed by atoms with E-state index in [2.05, 4.69) is 10.3 Å². The van der Waals surface area contributed by atoms with Gasteiger partial charge in [0.25, 0.3) is 5.91 Å².